The van der Waals surface area contributed by atoms with Crippen molar-refractivity contribution in [1.82, 2.24) is 14.6 Å². The fourth-order valence-corrected chi connectivity index (χ4v) is 2.13. The van der Waals surface area contributed by atoms with Gasteiger partial charge in [-0.25, -0.2) is 9.50 Å². The van der Waals surface area contributed by atoms with E-state index in [0.29, 0.717) is 5.69 Å². The summed E-state index contributed by atoms with van der Waals surface area (Å²) in [6.07, 6.45) is 3.49. The minimum atomic E-state index is 0.698. The van der Waals surface area contributed by atoms with Crippen molar-refractivity contribution in [2.45, 2.75) is 12.8 Å². The van der Waals surface area contributed by atoms with Crippen LogP contribution in [0.25, 0.3) is 5.65 Å². The Morgan fingerprint density at radius 1 is 1.20 bits per heavy atom. The lowest BCUT2D eigenvalue weighted by molar-refractivity contribution is 0.414. The first-order valence-electron chi connectivity index (χ1n) is 6.48. The molecular weight excluding hydrogens is 252 g/mol. The normalized spacial score (nSPS) is 10.8. The Hall–Kier alpha value is -2.56. The number of hydrogen-bond acceptors (Lipinski definition) is 4. The highest BCUT2D eigenvalue weighted by molar-refractivity contribution is 5.50. The van der Waals surface area contributed by atoms with Gasteiger partial charge in [-0.1, -0.05) is 12.1 Å². The molecule has 0 saturated heterocycles. The number of fused-ring (bicyclic) bond motifs is 1. The molecule has 0 aliphatic rings. The maximum atomic E-state index is 5.74. The lowest BCUT2D eigenvalue weighted by Gasteiger charge is -2.02. The van der Waals surface area contributed by atoms with Gasteiger partial charge in [0.25, 0.3) is 0 Å². The Labute approximate surface area is 117 Å². The number of ether oxygens (including phenoxy) is 1. The van der Waals surface area contributed by atoms with E-state index in [1.165, 1.54) is 5.56 Å². The Morgan fingerprint density at radius 3 is 2.95 bits per heavy atom. The molecule has 5 nitrogen and oxygen atoms in total. The van der Waals surface area contributed by atoms with Crippen molar-refractivity contribution in [3.05, 3.63) is 54.0 Å². The number of benzene rings is 1. The summed E-state index contributed by atoms with van der Waals surface area (Å²) in [4.78, 5) is 4.47. The SMILES string of the molecule is COc1cccc(CCc2nc3cc(N)ccn3n2)c1. The molecule has 2 aromatic heterocycles. The molecule has 0 aliphatic carbocycles. The summed E-state index contributed by atoms with van der Waals surface area (Å²) in [5, 5.41) is 4.43. The molecule has 0 amide bonds. The van der Waals surface area contributed by atoms with Gasteiger partial charge in [0.15, 0.2) is 11.5 Å². The van der Waals surface area contributed by atoms with Gasteiger partial charge in [-0.05, 0) is 30.2 Å². The summed E-state index contributed by atoms with van der Waals surface area (Å²) in [6.45, 7) is 0. The van der Waals surface area contributed by atoms with Crippen LogP contribution in [0.1, 0.15) is 11.4 Å². The first-order chi connectivity index (χ1) is 9.74. The third-order valence-corrected chi connectivity index (χ3v) is 3.18. The molecule has 20 heavy (non-hydrogen) atoms. The average molecular weight is 268 g/mol. The number of anilines is 1. The molecule has 2 heterocycles. The zero-order valence-electron chi connectivity index (χ0n) is 11.3. The highest BCUT2D eigenvalue weighted by Crippen LogP contribution is 2.14. The fourth-order valence-electron chi connectivity index (χ4n) is 2.13. The van der Waals surface area contributed by atoms with Crippen LogP contribution in [0.4, 0.5) is 5.69 Å². The molecule has 0 aliphatic heterocycles. The van der Waals surface area contributed by atoms with Gasteiger partial charge in [0.05, 0.1) is 7.11 Å². The van der Waals surface area contributed by atoms with E-state index in [2.05, 4.69) is 16.1 Å². The van der Waals surface area contributed by atoms with E-state index in [1.807, 2.05) is 36.5 Å². The van der Waals surface area contributed by atoms with Crippen LogP contribution in [0.5, 0.6) is 5.75 Å². The molecule has 0 bridgehead atoms. The lowest BCUT2D eigenvalue weighted by atomic mass is 10.1. The Kier molecular flexibility index (Phi) is 3.25. The van der Waals surface area contributed by atoms with Crippen molar-refractivity contribution >= 4 is 11.3 Å². The van der Waals surface area contributed by atoms with Crippen LogP contribution in [0.3, 0.4) is 0 Å². The van der Waals surface area contributed by atoms with E-state index < -0.39 is 0 Å². The molecule has 0 fully saturated rings. The molecule has 0 spiro atoms. The van der Waals surface area contributed by atoms with Crippen LogP contribution in [0, 0.1) is 0 Å². The molecular formula is C15H16N4O. The van der Waals surface area contributed by atoms with E-state index in [4.69, 9.17) is 10.5 Å². The summed E-state index contributed by atoms with van der Waals surface area (Å²) in [5.41, 5.74) is 8.43. The number of aromatic nitrogens is 3. The number of nitrogens with zero attached hydrogens (tertiary/aromatic N) is 3. The summed E-state index contributed by atoms with van der Waals surface area (Å²) < 4.78 is 6.97. The van der Waals surface area contributed by atoms with Crippen LogP contribution in [-0.4, -0.2) is 21.7 Å². The highest BCUT2D eigenvalue weighted by atomic mass is 16.5. The van der Waals surface area contributed by atoms with Crippen LogP contribution in [0.15, 0.2) is 42.6 Å². The fraction of sp³-hybridized carbons (Fsp3) is 0.200. The monoisotopic (exact) mass is 268 g/mol. The van der Waals surface area contributed by atoms with Crippen molar-refractivity contribution in [3.63, 3.8) is 0 Å². The van der Waals surface area contributed by atoms with Crippen LogP contribution in [-0.2, 0) is 12.8 Å². The van der Waals surface area contributed by atoms with E-state index in [1.54, 1.807) is 11.6 Å². The van der Waals surface area contributed by atoms with E-state index in [9.17, 15) is 0 Å². The standard InChI is InChI=1S/C15H16N4O/c1-20-13-4-2-3-11(9-13)5-6-14-17-15-10-12(16)7-8-19(15)18-14/h2-4,7-10H,5-6,16H2,1H3. The minimum Gasteiger partial charge on any atom is -0.497 e. The first-order valence-corrected chi connectivity index (χ1v) is 6.48. The third kappa shape index (κ3) is 2.56. The maximum Gasteiger partial charge on any atom is 0.157 e. The van der Waals surface area contributed by atoms with E-state index in [-0.39, 0.29) is 0 Å². The van der Waals surface area contributed by atoms with Gasteiger partial charge in [0, 0.05) is 24.4 Å². The van der Waals surface area contributed by atoms with Gasteiger partial charge in [0.1, 0.15) is 5.75 Å². The second-order valence-electron chi connectivity index (χ2n) is 4.64. The van der Waals surface area contributed by atoms with Crippen LogP contribution >= 0.6 is 0 Å². The number of nitrogens with two attached hydrogens (primary N) is 1. The van der Waals surface area contributed by atoms with Crippen molar-refractivity contribution in [1.29, 1.82) is 0 Å². The number of pyridine rings is 1. The minimum absolute atomic E-state index is 0.698. The molecule has 3 rings (SSSR count). The molecule has 5 heteroatoms. The molecule has 0 unspecified atom stereocenters. The number of hydrogen-bond donors (Lipinski definition) is 1. The second kappa shape index (κ2) is 5.21. The van der Waals surface area contributed by atoms with Crippen molar-refractivity contribution < 1.29 is 4.74 Å². The third-order valence-electron chi connectivity index (χ3n) is 3.18. The van der Waals surface area contributed by atoms with E-state index in [0.717, 1.165) is 30.1 Å². The molecule has 3 aromatic rings. The summed E-state index contributed by atoms with van der Waals surface area (Å²) >= 11 is 0. The van der Waals surface area contributed by atoms with E-state index >= 15 is 0 Å². The molecule has 0 atom stereocenters. The zero-order valence-corrected chi connectivity index (χ0v) is 11.3. The number of nitrogen functional groups attached to an aromatic ring is 1. The van der Waals surface area contributed by atoms with Crippen LogP contribution in [0.2, 0.25) is 0 Å². The van der Waals surface area contributed by atoms with Gasteiger partial charge in [-0.2, -0.15) is 5.10 Å². The summed E-state index contributed by atoms with van der Waals surface area (Å²) in [6, 6.07) is 11.7. The molecule has 0 saturated carbocycles. The largest absolute Gasteiger partial charge is 0.497 e. The average Bonchev–Trinajstić information content (AvgIpc) is 2.87. The molecule has 0 radical (unpaired) electrons. The van der Waals surface area contributed by atoms with Gasteiger partial charge in [0.2, 0.25) is 0 Å². The van der Waals surface area contributed by atoms with Gasteiger partial charge < -0.3 is 10.5 Å². The lowest BCUT2D eigenvalue weighted by Crippen LogP contribution is -1.95. The highest BCUT2D eigenvalue weighted by Gasteiger charge is 2.05. The molecule has 2 N–H and O–H groups in total. The smallest absolute Gasteiger partial charge is 0.157 e. The number of rotatable bonds is 4. The number of aryl methyl sites for hydroxylation is 2. The zero-order chi connectivity index (χ0) is 13.9. The Morgan fingerprint density at radius 2 is 2.10 bits per heavy atom. The summed E-state index contributed by atoms with van der Waals surface area (Å²) in [5.74, 6) is 1.69. The number of methoxy groups -OCH3 is 1. The molecule has 102 valence electrons. The summed E-state index contributed by atoms with van der Waals surface area (Å²) in [7, 11) is 1.67. The topological polar surface area (TPSA) is 65.4 Å². The van der Waals surface area contributed by atoms with Crippen molar-refractivity contribution in [2.24, 2.45) is 0 Å². The predicted octanol–water partition coefficient (Wildman–Crippen LogP) is 2.11. The quantitative estimate of drug-likeness (QED) is 0.787. The van der Waals surface area contributed by atoms with Gasteiger partial charge in [-0.3, -0.25) is 0 Å². The Bertz CT molecular complexity index is 736. The predicted molar refractivity (Wildman–Crippen MR) is 77.8 cm³/mol. The maximum absolute atomic E-state index is 5.74. The van der Waals surface area contributed by atoms with Crippen molar-refractivity contribution in [2.75, 3.05) is 12.8 Å². The second-order valence-corrected chi connectivity index (χ2v) is 4.64. The Balaban J connectivity index is 1.76. The van der Waals surface area contributed by atoms with Gasteiger partial charge >= 0.3 is 0 Å². The van der Waals surface area contributed by atoms with Gasteiger partial charge in [-0.15, -0.1) is 0 Å². The first kappa shape index (κ1) is 12.5. The molecule has 1 aromatic carbocycles. The van der Waals surface area contributed by atoms with Crippen LogP contribution < -0.4 is 10.5 Å². The van der Waals surface area contributed by atoms with Crippen molar-refractivity contribution in [3.8, 4) is 5.75 Å².